The van der Waals surface area contributed by atoms with Crippen LogP contribution in [0.4, 0.5) is 0 Å². The topological polar surface area (TPSA) is 58.9 Å². The molecule has 0 radical (unpaired) electrons. The van der Waals surface area contributed by atoms with Gasteiger partial charge in [-0.2, -0.15) is 10.8 Å². The molecule has 0 bridgehead atoms. The monoisotopic (exact) mass is 2020 g/mol. The van der Waals surface area contributed by atoms with Crippen LogP contribution in [0.3, 0.4) is 0 Å². The third kappa shape index (κ3) is 53.3. The van der Waals surface area contributed by atoms with E-state index in [0.29, 0.717) is 0 Å². The van der Waals surface area contributed by atoms with Gasteiger partial charge in [0.2, 0.25) is 0 Å². The van der Waals surface area contributed by atoms with E-state index in [-0.39, 0.29) is 112 Å². The Bertz CT molecular complexity index is 811. The Morgan fingerprint density at radius 3 is 0.982 bits per heavy atom. The van der Waals surface area contributed by atoms with E-state index in [4.69, 9.17) is 19.7 Å². The molecule has 342 valence electrons. The fourth-order valence-corrected chi connectivity index (χ4v) is 423. The first kappa shape index (κ1) is 73.4. The SMILES string of the molecule is C=C(C)CC.CCC(C)(C)OCC1(COC(C)(C)CC)CCCCC1.II(I)I(I)I(I)I.OCC1(CO)CCCCC1.[CH2-]C(C)(C)C.[CH2-]C(C)(C)C.[W].[W]. The van der Waals surface area contributed by atoms with Crippen molar-refractivity contribution in [3.05, 3.63) is 26.0 Å². The van der Waals surface area contributed by atoms with E-state index in [1.807, 2.05) is 6.92 Å². The summed E-state index contributed by atoms with van der Waals surface area (Å²) in [7, 11) is -0.942. The summed E-state index contributed by atoms with van der Waals surface area (Å²) in [6.45, 7) is 43.0. The van der Waals surface area contributed by atoms with Gasteiger partial charge in [0.25, 0.3) is 0 Å². The molecule has 2 rings (SSSR count). The van der Waals surface area contributed by atoms with Crippen LogP contribution < -0.4 is 0 Å². The van der Waals surface area contributed by atoms with Gasteiger partial charge in [-0.25, -0.2) is 0 Å². The molecule has 0 amide bonds. The Morgan fingerprint density at radius 2 is 0.836 bits per heavy atom. The van der Waals surface area contributed by atoms with Gasteiger partial charge in [0.05, 0.1) is 37.6 Å². The van der Waals surface area contributed by atoms with Crippen LogP contribution in [-0.2, 0) is 51.6 Å². The number of hydrogen-bond acceptors (Lipinski definition) is 4. The standard InChI is InChI=1S/C18H36O2.C8H16O2.2C5H11.C5H10.I8.2W/c1-7-16(3,4)19-14-18(12-10-9-11-13-18)15-20-17(5,6)8-2;9-6-8(7-10)4-2-1-3-5-8;2*1-5(2,3)4;1-4-5(2)3;1-6(2)8(5)7(3)4;;/h7-15H2,1-6H3;9-10H,1-7H2;2*1H2,2-4H3;2,4H2,1,3H3;;;/q;;2*-1;;;;. The predicted molar refractivity (Wildman–Crippen MR) is 313 cm³/mol. The molecule has 0 aliphatic heterocycles. The molecule has 2 N–H and O–H groups in total. The number of allylic oxidation sites excluding steroid dienone is 1. The van der Waals surface area contributed by atoms with Crippen molar-refractivity contribution in [3.8, 4) is 0 Å². The number of aliphatic hydroxyl groups is 2. The van der Waals surface area contributed by atoms with Crippen molar-refractivity contribution in [2.45, 2.75) is 192 Å². The van der Waals surface area contributed by atoms with Gasteiger partial charge in [-0.05, 0) is 79.6 Å². The zero-order valence-corrected chi connectivity index (χ0v) is 60.3. The van der Waals surface area contributed by atoms with Gasteiger partial charge in [0, 0.05) is 53.0 Å². The van der Waals surface area contributed by atoms with E-state index >= 15 is 0 Å². The normalized spacial score (nSPS) is 16.9. The molecule has 0 atom stereocenters. The smallest absolute Gasteiger partial charge is 0.0509 e. The van der Waals surface area contributed by atoms with Crippen LogP contribution in [0.25, 0.3) is 0 Å². The molecule has 0 saturated heterocycles. The maximum Gasteiger partial charge on any atom is 0.0509 e. The Kier molecular flexibility index (Phi) is 53.2. The molecular weight excluding hydrogens is 1940 g/mol. The Hall–Kier alpha value is 6.80. The van der Waals surface area contributed by atoms with Crippen LogP contribution in [0.15, 0.2) is 12.2 Å². The molecule has 2 aliphatic rings. The van der Waals surface area contributed by atoms with E-state index < -0.39 is 0 Å². The summed E-state index contributed by atoms with van der Waals surface area (Å²) < 4.78 is 12.5. The summed E-state index contributed by atoms with van der Waals surface area (Å²) in [6, 6.07) is 0. The van der Waals surface area contributed by atoms with Gasteiger partial charge in [-0.1, -0.05) is 106 Å². The number of aliphatic hydroxyl groups excluding tert-OH is 2. The van der Waals surface area contributed by atoms with Crippen LogP contribution in [-0.4, -0.2) is 47.8 Å². The average Bonchev–Trinajstić information content (AvgIpc) is 3.06. The second kappa shape index (κ2) is 39.9. The van der Waals surface area contributed by atoms with Crippen molar-refractivity contribution >= 4 is 117 Å². The molecule has 0 aromatic heterocycles. The zero-order valence-electron chi connectivity index (χ0n) is 37.2. The van der Waals surface area contributed by atoms with Gasteiger partial charge in [0.15, 0.2) is 0 Å². The van der Waals surface area contributed by atoms with Crippen LogP contribution in [0.1, 0.15) is 180 Å². The molecule has 0 heterocycles. The van der Waals surface area contributed by atoms with Crippen molar-refractivity contribution < 1.29 is 61.8 Å². The van der Waals surface area contributed by atoms with Crippen LogP contribution in [0.5, 0.6) is 0 Å². The van der Waals surface area contributed by atoms with E-state index in [0.717, 1.165) is 45.3 Å². The van der Waals surface area contributed by atoms with Crippen LogP contribution >= 0.6 is 117 Å². The molecule has 0 spiro atoms. The van der Waals surface area contributed by atoms with E-state index in [9.17, 15) is 0 Å². The molecular formula is C41H84I8O4W2-2. The minimum atomic E-state index is -0.334. The number of ether oxygens (including phenoxy) is 2. The second-order valence-electron chi connectivity index (χ2n) is 18.2. The third-order valence-corrected chi connectivity index (χ3v) is 339. The molecule has 0 aromatic carbocycles. The largest absolute Gasteiger partial charge is 0.396 e. The molecule has 2 saturated carbocycles. The van der Waals surface area contributed by atoms with Crippen molar-refractivity contribution in [2.75, 3.05) is 26.4 Å². The average molecular weight is 2020 g/mol. The van der Waals surface area contributed by atoms with Crippen LogP contribution in [0, 0.1) is 35.5 Å². The first-order chi connectivity index (χ1) is 23.9. The minimum absolute atomic E-state index is 0. The molecule has 0 unspecified atom stereocenters. The fourth-order valence-electron chi connectivity index (χ4n) is 4.23. The molecule has 2 fully saturated rings. The minimum Gasteiger partial charge on any atom is -0.396 e. The molecule has 14 heteroatoms. The Labute approximate surface area is 435 Å². The quantitative estimate of drug-likeness (QED) is 0.110. The summed E-state index contributed by atoms with van der Waals surface area (Å²) in [5.74, 6) is 0. The van der Waals surface area contributed by atoms with Gasteiger partial charge < -0.3 is 33.5 Å². The zero-order chi connectivity index (χ0) is 42.7. The van der Waals surface area contributed by atoms with E-state index in [2.05, 4.69) is 204 Å². The van der Waals surface area contributed by atoms with Gasteiger partial charge in [-0.15, -0.1) is 6.58 Å². The number of rotatable bonds is 13. The summed E-state index contributed by atoms with van der Waals surface area (Å²) in [5, 5.41) is 18.0. The van der Waals surface area contributed by atoms with E-state index in [1.165, 1.54) is 56.9 Å². The molecule has 4 nitrogen and oxygen atoms in total. The summed E-state index contributed by atoms with van der Waals surface area (Å²) in [6.07, 6.45) is 15.4. The summed E-state index contributed by atoms with van der Waals surface area (Å²) >= 11 is 13.7. The third-order valence-electron chi connectivity index (χ3n) is 8.51. The Morgan fingerprint density at radius 1 is 0.600 bits per heavy atom. The number of hydrogen-bond donors (Lipinski definition) is 2. The van der Waals surface area contributed by atoms with E-state index in [1.54, 1.807) is 0 Å². The maximum atomic E-state index is 8.98. The summed E-state index contributed by atoms with van der Waals surface area (Å²) in [4.78, 5) is 0. The molecule has 55 heavy (non-hydrogen) atoms. The maximum absolute atomic E-state index is 8.98. The molecule has 2 aliphatic carbocycles. The summed E-state index contributed by atoms with van der Waals surface area (Å²) in [5.41, 5.74) is 1.86. The first-order valence-corrected chi connectivity index (χ1v) is 63.2. The van der Waals surface area contributed by atoms with Crippen molar-refractivity contribution in [1.82, 2.24) is 0 Å². The van der Waals surface area contributed by atoms with Gasteiger partial charge in [-0.3, -0.25) is 0 Å². The number of halogens is 8. The Balaban J connectivity index is -0.000000145. The van der Waals surface area contributed by atoms with Gasteiger partial charge in [0.1, 0.15) is 0 Å². The fraction of sp³-hybridized carbons (Fsp3) is 0.902. The van der Waals surface area contributed by atoms with Crippen molar-refractivity contribution in [1.29, 1.82) is 0 Å². The second-order valence-corrected chi connectivity index (χ2v) is 164. The first-order valence-electron chi connectivity index (χ1n) is 19.2. The predicted octanol–water partition coefficient (Wildman–Crippen LogP) is 19.1. The van der Waals surface area contributed by atoms with Crippen molar-refractivity contribution in [2.24, 2.45) is 21.7 Å². The van der Waals surface area contributed by atoms with Gasteiger partial charge >= 0.3 is 117 Å². The van der Waals surface area contributed by atoms with Crippen molar-refractivity contribution in [3.63, 3.8) is 0 Å². The molecule has 0 aromatic rings. The van der Waals surface area contributed by atoms with Crippen LogP contribution in [0.2, 0.25) is 0 Å².